The molecule has 0 fully saturated rings. The number of carboxylic acid groups (broad SMARTS) is 1. The zero-order valence-electron chi connectivity index (χ0n) is 15.6. The average molecular weight is 421 g/mol. The summed E-state index contributed by atoms with van der Waals surface area (Å²) in [6, 6.07) is 12.7. The summed E-state index contributed by atoms with van der Waals surface area (Å²) in [6.07, 6.45) is 1.36. The van der Waals surface area contributed by atoms with Crippen LogP contribution >= 0.6 is 0 Å². The van der Waals surface area contributed by atoms with Gasteiger partial charge >= 0.3 is 5.97 Å². The van der Waals surface area contributed by atoms with E-state index in [4.69, 9.17) is 0 Å². The molecule has 0 atom stereocenters. The number of benzene rings is 3. The van der Waals surface area contributed by atoms with Crippen molar-refractivity contribution >= 4 is 54.9 Å². The Labute approximate surface area is 170 Å². The second-order valence-electron chi connectivity index (χ2n) is 7.05. The Bertz CT molecular complexity index is 1500. The number of carboxylic acids is 1. The molecule has 0 spiro atoms. The van der Waals surface area contributed by atoms with Crippen LogP contribution in [0.15, 0.2) is 59.6 Å². The van der Waals surface area contributed by atoms with Crippen molar-refractivity contribution in [2.75, 3.05) is 16.7 Å². The highest BCUT2D eigenvalue weighted by molar-refractivity contribution is 7.93. The van der Waals surface area contributed by atoms with Gasteiger partial charge in [0.1, 0.15) is 0 Å². The molecular formula is C21H15N3O5S. The van der Waals surface area contributed by atoms with E-state index in [1.165, 1.54) is 29.3 Å². The number of aromatic nitrogens is 1. The van der Waals surface area contributed by atoms with Gasteiger partial charge in [0.05, 0.1) is 21.8 Å². The van der Waals surface area contributed by atoms with Gasteiger partial charge in [-0.1, -0.05) is 12.1 Å². The molecule has 4 aromatic rings. The third kappa shape index (κ3) is 2.49. The van der Waals surface area contributed by atoms with Crippen molar-refractivity contribution in [3.63, 3.8) is 0 Å². The average Bonchev–Trinajstić information content (AvgIpc) is 3.24. The lowest BCUT2D eigenvalue weighted by atomic mass is 10.1. The van der Waals surface area contributed by atoms with Crippen LogP contribution in [0.2, 0.25) is 0 Å². The van der Waals surface area contributed by atoms with Crippen LogP contribution in [0, 0.1) is 0 Å². The predicted molar refractivity (Wildman–Crippen MR) is 113 cm³/mol. The Kier molecular flexibility index (Phi) is 3.68. The molecule has 0 saturated heterocycles. The van der Waals surface area contributed by atoms with Crippen LogP contribution in [0.4, 0.5) is 11.4 Å². The molecule has 3 aromatic carbocycles. The van der Waals surface area contributed by atoms with E-state index in [-0.39, 0.29) is 22.1 Å². The lowest BCUT2D eigenvalue weighted by molar-refractivity contribution is 0.0699. The second kappa shape index (κ2) is 6.07. The van der Waals surface area contributed by atoms with Crippen LogP contribution in [0.5, 0.6) is 0 Å². The first-order chi connectivity index (χ1) is 14.3. The Morgan fingerprint density at radius 3 is 2.67 bits per heavy atom. The zero-order chi connectivity index (χ0) is 21.2. The van der Waals surface area contributed by atoms with E-state index in [9.17, 15) is 23.1 Å². The molecule has 0 bridgehead atoms. The fraction of sp³-hybridized carbons (Fsp3) is 0.0476. The highest BCUT2D eigenvalue weighted by Gasteiger charge is 2.30. The summed E-state index contributed by atoms with van der Waals surface area (Å²) in [7, 11) is -2.32. The lowest BCUT2D eigenvalue weighted by Gasteiger charge is -2.13. The van der Waals surface area contributed by atoms with Crippen LogP contribution in [0.3, 0.4) is 0 Å². The van der Waals surface area contributed by atoms with E-state index in [2.05, 4.69) is 9.71 Å². The molecule has 5 rings (SSSR count). The molecule has 1 aliphatic rings. The van der Waals surface area contributed by atoms with E-state index in [1.54, 1.807) is 37.4 Å². The summed E-state index contributed by atoms with van der Waals surface area (Å²) in [5, 5.41) is 10.8. The minimum absolute atomic E-state index is 0.0593. The number of nitrogens with zero attached hydrogens (tertiary/aromatic N) is 1. The molecule has 3 N–H and O–H groups in total. The second-order valence-corrected chi connectivity index (χ2v) is 8.70. The summed E-state index contributed by atoms with van der Waals surface area (Å²) in [6.45, 7) is 0. The summed E-state index contributed by atoms with van der Waals surface area (Å²) < 4.78 is 28.9. The van der Waals surface area contributed by atoms with Crippen molar-refractivity contribution in [2.24, 2.45) is 0 Å². The van der Waals surface area contributed by atoms with Gasteiger partial charge in [0, 0.05) is 40.5 Å². The molecule has 0 aliphatic carbocycles. The van der Waals surface area contributed by atoms with Crippen LogP contribution in [-0.4, -0.2) is 37.4 Å². The highest BCUT2D eigenvalue weighted by atomic mass is 32.2. The maximum atomic E-state index is 13.2. The van der Waals surface area contributed by atoms with E-state index >= 15 is 0 Å². The van der Waals surface area contributed by atoms with Gasteiger partial charge in [-0.3, -0.25) is 9.52 Å². The SMILES string of the molecule is CN1C(=O)c2cccc3c(S(=O)(=O)Nc4ccc5c(C(=O)O)c[nH]c5c4)ccc1c23. The largest absolute Gasteiger partial charge is 0.478 e. The first-order valence-corrected chi connectivity index (χ1v) is 10.5. The normalized spacial score (nSPS) is 13.4. The van der Waals surface area contributed by atoms with Gasteiger partial charge in [-0.25, -0.2) is 13.2 Å². The minimum Gasteiger partial charge on any atom is -0.478 e. The molecule has 30 heavy (non-hydrogen) atoms. The zero-order valence-corrected chi connectivity index (χ0v) is 16.4. The highest BCUT2D eigenvalue weighted by Crippen LogP contribution is 2.39. The number of aromatic carboxylic acids is 1. The molecule has 0 saturated carbocycles. The number of nitrogens with one attached hydrogen (secondary N) is 2. The number of carbonyl (C=O) groups is 2. The summed E-state index contributed by atoms with van der Waals surface area (Å²) in [5.41, 5.74) is 2.04. The topological polar surface area (TPSA) is 120 Å². The fourth-order valence-electron chi connectivity index (χ4n) is 3.92. The first-order valence-electron chi connectivity index (χ1n) is 8.99. The Morgan fingerprint density at radius 2 is 1.90 bits per heavy atom. The number of fused-ring (bicyclic) bond motifs is 1. The van der Waals surface area contributed by atoms with Crippen LogP contribution in [0.25, 0.3) is 21.7 Å². The number of anilines is 2. The van der Waals surface area contributed by atoms with Gasteiger partial charge in [0.25, 0.3) is 15.9 Å². The number of aromatic amines is 1. The van der Waals surface area contributed by atoms with Crippen molar-refractivity contribution in [1.82, 2.24) is 4.98 Å². The molecule has 8 nitrogen and oxygen atoms in total. The van der Waals surface area contributed by atoms with E-state index in [0.717, 1.165) is 0 Å². The van der Waals surface area contributed by atoms with Crippen LogP contribution in [0.1, 0.15) is 20.7 Å². The number of hydrogen-bond donors (Lipinski definition) is 3. The van der Waals surface area contributed by atoms with Gasteiger partial charge in [-0.05, 0) is 36.4 Å². The molecule has 150 valence electrons. The Hall–Kier alpha value is -3.85. The van der Waals surface area contributed by atoms with Gasteiger partial charge in [0.2, 0.25) is 0 Å². The van der Waals surface area contributed by atoms with Gasteiger partial charge < -0.3 is 15.0 Å². The number of H-pyrrole nitrogens is 1. The van der Waals surface area contributed by atoms with Crippen LogP contribution < -0.4 is 9.62 Å². The maximum Gasteiger partial charge on any atom is 0.337 e. The van der Waals surface area contributed by atoms with E-state index in [1.807, 2.05) is 0 Å². The third-order valence-electron chi connectivity index (χ3n) is 5.33. The molecule has 1 aromatic heterocycles. The Balaban J connectivity index is 1.60. The number of amides is 1. The molecule has 1 aliphatic heterocycles. The van der Waals surface area contributed by atoms with Crippen molar-refractivity contribution < 1.29 is 23.1 Å². The van der Waals surface area contributed by atoms with Gasteiger partial charge in [-0.15, -0.1) is 0 Å². The monoisotopic (exact) mass is 421 g/mol. The minimum atomic E-state index is -3.97. The maximum absolute atomic E-state index is 13.2. The number of rotatable bonds is 4. The summed E-state index contributed by atoms with van der Waals surface area (Å²) in [5.74, 6) is -1.24. The third-order valence-corrected chi connectivity index (χ3v) is 6.77. The number of hydrogen-bond acceptors (Lipinski definition) is 4. The molecule has 2 heterocycles. The van der Waals surface area contributed by atoms with Crippen molar-refractivity contribution in [2.45, 2.75) is 4.90 Å². The van der Waals surface area contributed by atoms with Gasteiger partial charge in [0.15, 0.2) is 0 Å². The molecule has 0 radical (unpaired) electrons. The van der Waals surface area contributed by atoms with Crippen molar-refractivity contribution in [1.29, 1.82) is 0 Å². The number of carbonyl (C=O) groups excluding carboxylic acids is 1. The molecule has 0 unspecified atom stereocenters. The van der Waals surface area contributed by atoms with E-state index in [0.29, 0.717) is 32.9 Å². The van der Waals surface area contributed by atoms with Crippen molar-refractivity contribution in [3.8, 4) is 0 Å². The molecule has 1 amide bonds. The standard InChI is InChI=1S/C21H15N3O5S/c1-24-17-7-8-18(13-3-2-4-14(19(13)17)20(24)25)30(28,29)23-11-5-6-12-15(21(26)27)10-22-16(12)9-11/h2-10,22-23H,1H3,(H,26,27). The predicted octanol–water partition coefficient (Wildman–Crippen LogP) is 3.41. The van der Waals surface area contributed by atoms with Gasteiger partial charge in [-0.2, -0.15) is 0 Å². The quantitative estimate of drug-likeness (QED) is 0.466. The van der Waals surface area contributed by atoms with Crippen molar-refractivity contribution in [3.05, 3.63) is 65.9 Å². The van der Waals surface area contributed by atoms with E-state index < -0.39 is 16.0 Å². The lowest BCUT2D eigenvalue weighted by Crippen LogP contribution is -2.20. The molecular weight excluding hydrogens is 406 g/mol. The van der Waals surface area contributed by atoms with Crippen LogP contribution in [-0.2, 0) is 10.0 Å². The Morgan fingerprint density at radius 1 is 1.10 bits per heavy atom. The smallest absolute Gasteiger partial charge is 0.337 e. The fourth-order valence-corrected chi connectivity index (χ4v) is 5.17. The summed E-state index contributed by atoms with van der Waals surface area (Å²) >= 11 is 0. The summed E-state index contributed by atoms with van der Waals surface area (Å²) in [4.78, 5) is 28.1. The number of sulfonamides is 1. The molecule has 9 heteroatoms. The first kappa shape index (κ1) is 18.2.